The van der Waals surface area contributed by atoms with E-state index in [9.17, 15) is 4.39 Å². The number of halogens is 1. The lowest BCUT2D eigenvalue weighted by molar-refractivity contribution is 0.146. The van der Waals surface area contributed by atoms with Gasteiger partial charge in [0.05, 0.1) is 6.61 Å². The van der Waals surface area contributed by atoms with Crippen LogP contribution in [0.1, 0.15) is 11.1 Å². The first kappa shape index (κ1) is 12.5. The molecule has 0 aromatic heterocycles. The molecule has 1 aromatic carbocycles. The standard InChI is InChI=1S/C13H19FN2O/c1-15-5-7-16(8-6-15)9-11-3-2-4-12(10-17)13(11)14/h2-4,17H,5-10H2,1H3. The smallest absolute Gasteiger partial charge is 0.133 e. The van der Waals surface area contributed by atoms with Crippen molar-refractivity contribution in [2.75, 3.05) is 33.2 Å². The summed E-state index contributed by atoms with van der Waals surface area (Å²) in [6, 6.07) is 5.23. The van der Waals surface area contributed by atoms with Crippen molar-refractivity contribution in [2.45, 2.75) is 13.2 Å². The Bertz CT molecular complexity index is 376. The van der Waals surface area contributed by atoms with Gasteiger partial charge >= 0.3 is 0 Å². The first-order valence-electron chi connectivity index (χ1n) is 5.98. The molecule has 3 nitrogen and oxygen atoms in total. The molecule has 1 aliphatic heterocycles. The number of nitrogens with zero attached hydrogens (tertiary/aromatic N) is 2. The molecule has 1 aliphatic rings. The van der Waals surface area contributed by atoms with Gasteiger partial charge in [0, 0.05) is 43.9 Å². The minimum Gasteiger partial charge on any atom is -0.392 e. The molecule has 0 bridgehead atoms. The zero-order chi connectivity index (χ0) is 12.3. The van der Waals surface area contributed by atoms with Crippen LogP contribution in [0.4, 0.5) is 4.39 Å². The molecule has 0 atom stereocenters. The monoisotopic (exact) mass is 238 g/mol. The van der Waals surface area contributed by atoms with Crippen LogP contribution in [0.15, 0.2) is 18.2 Å². The van der Waals surface area contributed by atoms with Crippen LogP contribution in [0, 0.1) is 5.82 Å². The van der Waals surface area contributed by atoms with Crippen molar-refractivity contribution in [1.29, 1.82) is 0 Å². The number of benzene rings is 1. The van der Waals surface area contributed by atoms with Crippen molar-refractivity contribution >= 4 is 0 Å². The SMILES string of the molecule is CN1CCN(Cc2cccc(CO)c2F)CC1. The van der Waals surface area contributed by atoms with E-state index < -0.39 is 0 Å². The summed E-state index contributed by atoms with van der Waals surface area (Å²) >= 11 is 0. The van der Waals surface area contributed by atoms with Crippen LogP contribution in [0.3, 0.4) is 0 Å². The number of piperazine rings is 1. The second-order valence-electron chi connectivity index (χ2n) is 4.63. The van der Waals surface area contributed by atoms with E-state index in [4.69, 9.17) is 5.11 Å². The summed E-state index contributed by atoms with van der Waals surface area (Å²) in [5.41, 5.74) is 1.07. The van der Waals surface area contributed by atoms with E-state index in [0.717, 1.165) is 26.2 Å². The predicted molar refractivity (Wildman–Crippen MR) is 65.1 cm³/mol. The van der Waals surface area contributed by atoms with Crippen molar-refractivity contribution in [3.05, 3.63) is 35.1 Å². The molecule has 1 fully saturated rings. The molecule has 1 saturated heterocycles. The van der Waals surface area contributed by atoms with E-state index in [-0.39, 0.29) is 12.4 Å². The van der Waals surface area contributed by atoms with E-state index in [1.54, 1.807) is 18.2 Å². The highest BCUT2D eigenvalue weighted by Gasteiger charge is 2.16. The van der Waals surface area contributed by atoms with Crippen molar-refractivity contribution in [1.82, 2.24) is 9.80 Å². The molecule has 1 aromatic rings. The van der Waals surface area contributed by atoms with E-state index in [0.29, 0.717) is 17.7 Å². The minimum absolute atomic E-state index is 0.234. The van der Waals surface area contributed by atoms with Gasteiger partial charge in [0.25, 0.3) is 0 Å². The fourth-order valence-corrected chi connectivity index (χ4v) is 2.12. The van der Waals surface area contributed by atoms with Crippen LogP contribution in [-0.4, -0.2) is 48.1 Å². The highest BCUT2D eigenvalue weighted by molar-refractivity contribution is 5.25. The average Bonchev–Trinajstić information content (AvgIpc) is 2.35. The number of rotatable bonds is 3. The Labute approximate surface area is 101 Å². The summed E-state index contributed by atoms with van der Waals surface area (Å²) in [5.74, 6) is -0.256. The molecule has 0 saturated carbocycles. The highest BCUT2D eigenvalue weighted by Crippen LogP contribution is 2.15. The van der Waals surface area contributed by atoms with E-state index in [1.807, 2.05) is 0 Å². The summed E-state index contributed by atoms with van der Waals surface area (Å²) in [5, 5.41) is 9.02. The molecular weight excluding hydrogens is 219 g/mol. The van der Waals surface area contributed by atoms with Crippen LogP contribution in [0.5, 0.6) is 0 Å². The van der Waals surface area contributed by atoms with Gasteiger partial charge in [-0.1, -0.05) is 18.2 Å². The summed E-state index contributed by atoms with van der Waals surface area (Å²) in [7, 11) is 2.10. The molecule has 2 rings (SSSR count). The maximum atomic E-state index is 13.9. The van der Waals surface area contributed by atoms with Crippen molar-refractivity contribution < 1.29 is 9.50 Å². The third-order valence-corrected chi connectivity index (χ3v) is 3.32. The highest BCUT2D eigenvalue weighted by atomic mass is 19.1. The van der Waals surface area contributed by atoms with Crippen LogP contribution >= 0.6 is 0 Å². The van der Waals surface area contributed by atoms with Gasteiger partial charge < -0.3 is 10.0 Å². The maximum absolute atomic E-state index is 13.9. The molecule has 94 valence electrons. The number of aliphatic hydroxyl groups is 1. The Kier molecular flexibility index (Phi) is 4.10. The van der Waals surface area contributed by atoms with Gasteiger partial charge in [-0.25, -0.2) is 4.39 Å². The van der Waals surface area contributed by atoms with Gasteiger partial charge in [-0.05, 0) is 7.05 Å². The molecule has 0 amide bonds. The van der Waals surface area contributed by atoms with Crippen LogP contribution in [0.2, 0.25) is 0 Å². The Morgan fingerprint density at radius 3 is 2.47 bits per heavy atom. The van der Waals surface area contributed by atoms with Gasteiger partial charge in [-0.3, -0.25) is 4.90 Å². The average molecular weight is 238 g/mol. The van der Waals surface area contributed by atoms with Crippen molar-refractivity contribution in [3.8, 4) is 0 Å². The maximum Gasteiger partial charge on any atom is 0.133 e. The number of aliphatic hydroxyl groups excluding tert-OH is 1. The lowest BCUT2D eigenvalue weighted by atomic mass is 10.1. The molecule has 0 radical (unpaired) electrons. The first-order valence-corrected chi connectivity index (χ1v) is 5.98. The first-order chi connectivity index (χ1) is 8.20. The number of hydrogen-bond donors (Lipinski definition) is 1. The summed E-state index contributed by atoms with van der Waals surface area (Å²) in [4.78, 5) is 4.52. The normalized spacial score (nSPS) is 18.5. The van der Waals surface area contributed by atoms with Crippen molar-refractivity contribution in [3.63, 3.8) is 0 Å². The molecule has 1 N–H and O–H groups in total. The predicted octanol–water partition coefficient (Wildman–Crippen LogP) is 1.07. The molecule has 17 heavy (non-hydrogen) atoms. The van der Waals surface area contributed by atoms with Gasteiger partial charge in [-0.2, -0.15) is 0 Å². The summed E-state index contributed by atoms with van der Waals surface area (Å²) < 4.78 is 13.9. The molecule has 0 spiro atoms. The second-order valence-corrected chi connectivity index (χ2v) is 4.63. The van der Waals surface area contributed by atoms with Crippen LogP contribution in [0.25, 0.3) is 0 Å². The fraction of sp³-hybridized carbons (Fsp3) is 0.538. The minimum atomic E-state index is -0.256. The third-order valence-electron chi connectivity index (χ3n) is 3.32. The lowest BCUT2D eigenvalue weighted by Gasteiger charge is -2.32. The van der Waals surface area contributed by atoms with Gasteiger partial charge in [-0.15, -0.1) is 0 Å². The van der Waals surface area contributed by atoms with Crippen LogP contribution in [-0.2, 0) is 13.2 Å². The second kappa shape index (κ2) is 5.58. The zero-order valence-electron chi connectivity index (χ0n) is 10.2. The van der Waals surface area contributed by atoms with E-state index in [1.165, 1.54) is 0 Å². The summed E-state index contributed by atoms with van der Waals surface area (Å²) in [6.45, 7) is 4.40. The van der Waals surface area contributed by atoms with Crippen molar-refractivity contribution in [2.24, 2.45) is 0 Å². The Balaban J connectivity index is 2.03. The Hall–Kier alpha value is -0.970. The molecule has 4 heteroatoms. The quantitative estimate of drug-likeness (QED) is 0.853. The fourth-order valence-electron chi connectivity index (χ4n) is 2.12. The number of likely N-dealkylation sites (N-methyl/N-ethyl adjacent to an activating group) is 1. The Morgan fingerprint density at radius 2 is 1.82 bits per heavy atom. The Morgan fingerprint density at radius 1 is 1.18 bits per heavy atom. The zero-order valence-corrected chi connectivity index (χ0v) is 10.2. The largest absolute Gasteiger partial charge is 0.392 e. The molecule has 1 heterocycles. The van der Waals surface area contributed by atoms with Gasteiger partial charge in [0.2, 0.25) is 0 Å². The van der Waals surface area contributed by atoms with E-state index >= 15 is 0 Å². The molecular formula is C13H19FN2O. The third kappa shape index (κ3) is 3.03. The molecule has 0 unspecified atom stereocenters. The van der Waals surface area contributed by atoms with Gasteiger partial charge in [0.15, 0.2) is 0 Å². The lowest BCUT2D eigenvalue weighted by Crippen LogP contribution is -2.44. The topological polar surface area (TPSA) is 26.7 Å². The summed E-state index contributed by atoms with van der Waals surface area (Å²) in [6.07, 6.45) is 0. The van der Waals surface area contributed by atoms with Gasteiger partial charge in [0.1, 0.15) is 5.82 Å². The van der Waals surface area contributed by atoms with E-state index in [2.05, 4.69) is 16.8 Å². The molecule has 0 aliphatic carbocycles. The number of hydrogen-bond acceptors (Lipinski definition) is 3. The van der Waals surface area contributed by atoms with Crippen LogP contribution < -0.4 is 0 Å².